The van der Waals surface area contributed by atoms with Crippen LogP contribution in [0.15, 0.2) is 18.2 Å². The Balaban J connectivity index is 1.61. The number of esters is 1. The maximum Gasteiger partial charge on any atom is 0.310 e. The van der Waals surface area contributed by atoms with Crippen molar-refractivity contribution >= 4 is 17.6 Å². The van der Waals surface area contributed by atoms with Crippen LogP contribution >= 0.6 is 0 Å². The molecular formula is C17H19NO4. The maximum absolute atomic E-state index is 12.7. The largest absolute Gasteiger partial charge is 0.459 e. The zero-order valence-electron chi connectivity index (χ0n) is 12.6. The number of benzene rings is 1. The molecule has 6 atom stereocenters. The van der Waals surface area contributed by atoms with Crippen LogP contribution in [0.5, 0.6) is 0 Å². The van der Waals surface area contributed by atoms with E-state index in [0.29, 0.717) is 6.42 Å². The second-order valence-corrected chi connectivity index (χ2v) is 6.81. The van der Waals surface area contributed by atoms with E-state index in [4.69, 9.17) is 4.74 Å². The molecule has 0 radical (unpaired) electrons. The van der Waals surface area contributed by atoms with Crippen LogP contribution in [0.25, 0.3) is 0 Å². The van der Waals surface area contributed by atoms with E-state index in [1.165, 1.54) is 0 Å². The zero-order chi connectivity index (χ0) is 15.6. The second-order valence-electron chi connectivity index (χ2n) is 6.81. The highest BCUT2D eigenvalue weighted by Crippen LogP contribution is 2.57. The van der Waals surface area contributed by atoms with Gasteiger partial charge in [0.2, 0.25) is 5.91 Å². The van der Waals surface area contributed by atoms with Crippen molar-refractivity contribution in [1.29, 1.82) is 0 Å². The number of amides is 1. The molecule has 5 heteroatoms. The molecule has 1 amide bonds. The van der Waals surface area contributed by atoms with Crippen molar-refractivity contribution in [1.82, 2.24) is 0 Å². The number of hydrogen-bond acceptors (Lipinski definition) is 4. The van der Waals surface area contributed by atoms with Gasteiger partial charge in [-0.25, -0.2) is 0 Å². The average Bonchev–Trinajstić information content (AvgIpc) is 3.07. The number of rotatable bonds is 2. The van der Waals surface area contributed by atoms with Crippen LogP contribution in [-0.2, 0) is 14.3 Å². The van der Waals surface area contributed by atoms with Gasteiger partial charge in [0.1, 0.15) is 6.10 Å². The Hall–Kier alpha value is -1.88. The van der Waals surface area contributed by atoms with E-state index in [1.54, 1.807) is 0 Å². The Morgan fingerprint density at radius 2 is 2.09 bits per heavy atom. The summed E-state index contributed by atoms with van der Waals surface area (Å²) in [5, 5.41) is 13.2. The fraction of sp³-hybridized carbons (Fsp3) is 0.529. The number of aryl methyl sites for hydroxylation is 2. The molecule has 2 N–H and O–H groups in total. The Kier molecular flexibility index (Phi) is 2.85. The van der Waals surface area contributed by atoms with E-state index in [9.17, 15) is 14.7 Å². The van der Waals surface area contributed by atoms with Gasteiger partial charge in [0.25, 0.3) is 0 Å². The molecule has 1 aromatic rings. The topological polar surface area (TPSA) is 75.6 Å². The van der Waals surface area contributed by atoms with Crippen LogP contribution in [0, 0.1) is 37.5 Å². The molecule has 22 heavy (non-hydrogen) atoms. The summed E-state index contributed by atoms with van der Waals surface area (Å²) in [6.45, 7) is 3.90. The molecule has 1 heterocycles. The first-order valence-corrected chi connectivity index (χ1v) is 7.74. The lowest BCUT2D eigenvalue weighted by atomic mass is 9.78. The predicted octanol–water partition coefficient (Wildman–Crippen LogP) is 1.41. The van der Waals surface area contributed by atoms with Crippen molar-refractivity contribution in [3.63, 3.8) is 0 Å². The van der Waals surface area contributed by atoms with Crippen LogP contribution in [0.1, 0.15) is 17.5 Å². The molecule has 2 bridgehead atoms. The normalized spacial score (nSPS) is 38.2. The number of nitrogens with one attached hydrogen (secondary N) is 1. The number of carbonyl (C=O) groups is 2. The van der Waals surface area contributed by atoms with Gasteiger partial charge in [-0.1, -0.05) is 12.1 Å². The van der Waals surface area contributed by atoms with Crippen molar-refractivity contribution in [3.8, 4) is 0 Å². The summed E-state index contributed by atoms with van der Waals surface area (Å²) in [6.07, 6.45) is -0.401. The van der Waals surface area contributed by atoms with Gasteiger partial charge in [0.05, 0.1) is 17.9 Å². The first kappa shape index (κ1) is 13.8. The molecule has 1 aromatic carbocycles. The minimum absolute atomic E-state index is 0.00172. The van der Waals surface area contributed by atoms with E-state index in [-0.39, 0.29) is 29.6 Å². The number of ether oxygens (including phenoxy) is 1. The molecule has 116 valence electrons. The summed E-state index contributed by atoms with van der Waals surface area (Å²) in [6, 6.07) is 5.87. The van der Waals surface area contributed by atoms with Crippen LogP contribution < -0.4 is 5.32 Å². The van der Waals surface area contributed by atoms with Gasteiger partial charge in [-0.3, -0.25) is 9.59 Å². The lowest BCUT2D eigenvalue weighted by Gasteiger charge is -2.27. The standard InChI is InChI=1S/C17H19NO4/c1-7-3-4-8(2)11(5-7)18-16(20)12-9-6-10-13(12)17(21)22-15(10)14(9)19/h3-5,9-10,12-15,19H,6H2,1-2H3,(H,18,20)/t9-,10-,12-,13-,14-,15+/m1/s1. The number of aliphatic hydroxyl groups is 1. The number of carbonyl (C=O) groups excluding carboxylic acids is 2. The molecule has 4 rings (SSSR count). The van der Waals surface area contributed by atoms with Crippen molar-refractivity contribution < 1.29 is 19.4 Å². The molecule has 5 nitrogen and oxygen atoms in total. The van der Waals surface area contributed by atoms with Gasteiger partial charge < -0.3 is 15.2 Å². The maximum atomic E-state index is 12.7. The predicted molar refractivity (Wildman–Crippen MR) is 79.0 cm³/mol. The van der Waals surface area contributed by atoms with Gasteiger partial charge in [0.15, 0.2) is 0 Å². The van der Waals surface area contributed by atoms with Crippen molar-refractivity contribution in [2.75, 3.05) is 5.32 Å². The van der Waals surface area contributed by atoms with E-state index in [0.717, 1.165) is 16.8 Å². The first-order valence-electron chi connectivity index (χ1n) is 7.74. The molecule has 0 spiro atoms. The SMILES string of the molecule is Cc1ccc(C)c(NC(=O)[C@@H]2[C@H]3C[C@H]4[C@H](OC(=O)[C@H]42)[C@@H]3O)c1. The molecular weight excluding hydrogens is 282 g/mol. The summed E-state index contributed by atoms with van der Waals surface area (Å²) in [7, 11) is 0. The number of aliphatic hydroxyl groups excluding tert-OH is 1. The van der Waals surface area contributed by atoms with E-state index >= 15 is 0 Å². The number of hydrogen-bond donors (Lipinski definition) is 2. The molecule has 0 aromatic heterocycles. The van der Waals surface area contributed by atoms with Crippen molar-refractivity contribution in [3.05, 3.63) is 29.3 Å². The third-order valence-corrected chi connectivity index (χ3v) is 5.53. The Labute approximate surface area is 128 Å². The third-order valence-electron chi connectivity index (χ3n) is 5.53. The fourth-order valence-corrected chi connectivity index (χ4v) is 4.46. The van der Waals surface area contributed by atoms with Gasteiger partial charge >= 0.3 is 5.97 Å². The minimum Gasteiger partial charge on any atom is -0.459 e. The summed E-state index contributed by atoms with van der Waals surface area (Å²) in [4.78, 5) is 24.7. The summed E-state index contributed by atoms with van der Waals surface area (Å²) < 4.78 is 5.26. The van der Waals surface area contributed by atoms with Crippen LogP contribution in [0.4, 0.5) is 5.69 Å². The van der Waals surface area contributed by atoms with Gasteiger partial charge in [0, 0.05) is 17.5 Å². The van der Waals surface area contributed by atoms with Gasteiger partial charge in [-0.15, -0.1) is 0 Å². The smallest absolute Gasteiger partial charge is 0.310 e. The average molecular weight is 301 g/mol. The Morgan fingerprint density at radius 3 is 2.86 bits per heavy atom. The highest BCUT2D eigenvalue weighted by Gasteiger charge is 2.68. The lowest BCUT2D eigenvalue weighted by Crippen LogP contribution is -2.42. The summed E-state index contributed by atoms with van der Waals surface area (Å²) >= 11 is 0. The fourth-order valence-electron chi connectivity index (χ4n) is 4.46. The van der Waals surface area contributed by atoms with E-state index < -0.39 is 18.1 Å². The van der Waals surface area contributed by atoms with Gasteiger partial charge in [-0.05, 0) is 37.5 Å². The van der Waals surface area contributed by atoms with Crippen molar-refractivity contribution in [2.24, 2.45) is 23.7 Å². The number of fused-ring (bicyclic) bond motifs is 1. The molecule has 3 aliphatic rings. The molecule has 3 fully saturated rings. The van der Waals surface area contributed by atoms with Crippen LogP contribution in [0.2, 0.25) is 0 Å². The Morgan fingerprint density at radius 1 is 1.32 bits per heavy atom. The third kappa shape index (κ3) is 1.75. The lowest BCUT2D eigenvalue weighted by molar-refractivity contribution is -0.146. The molecule has 2 saturated carbocycles. The van der Waals surface area contributed by atoms with Crippen LogP contribution in [0.3, 0.4) is 0 Å². The summed E-state index contributed by atoms with van der Waals surface area (Å²) in [5.41, 5.74) is 2.81. The van der Waals surface area contributed by atoms with Crippen molar-refractivity contribution in [2.45, 2.75) is 32.5 Å². The zero-order valence-corrected chi connectivity index (χ0v) is 12.6. The molecule has 2 aliphatic carbocycles. The molecule has 1 saturated heterocycles. The first-order chi connectivity index (χ1) is 10.5. The second kappa shape index (κ2) is 4.56. The van der Waals surface area contributed by atoms with Gasteiger partial charge in [-0.2, -0.15) is 0 Å². The summed E-state index contributed by atoms with van der Waals surface area (Å²) in [5.74, 6) is -1.54. The monoisotopic (exact) mass is 301 g/mol. The Bertz CT molecular complexity index is 671. The highest BCUT2D eigenvalue weighted by atomic mass is 16.6. The number of anilines is 1. The quantitative estimate of drug-likeness (QED) is 0.810. The van der Waals surface area contributed by atoms with E-state index in [2.05, 4.69) is 5.32 Å². The highest BCUT2D eigenvalue weighted by molar-refractivity contribution is 5.97. The molecule has 1 aliphatic heterocycles. The molecule has 0 unspecified atom stereocenters. The van der Waals surface area contributed by atoms with Crippen LogP contribution in [-0.4, -0.2) is 29.2 Å². The minimum atomic E-state index is -0.706. The van der Waals surface area contributed by atoms with E-state index in [1.807, 2.05) is 32.0 Å².